The lowest BCUT2D eigenvalue weighted by molar-refractivity contribution is -0.143. The predicted octanol–water partition coefficient (Wildman–Crippen LogP) is 9.43. The first-order valence-electron chi connectivity index (χ1n) is 13.5. The average Bonchev–Trinajstić information content (AvgIpc) is 3.43. The fraction of sp³-hybridized carbons (Fsp3) is 0.536. The Bertz CT molecular complexity index is 1260. The van der Waals surface area contributed by atoms with E-state index in [9.17, 15) is 39.5 Å². The number of alkyl halides is 9. The summed E-state index contributed by atoms with van der Waals surface area (Å²) in [5.41, 5.74) is 3.45. The van der Waals surface area contributed by atoms with Crippen molar-refractivity contribution >= 4 is 11.6 Å². The molecular formula is C28H30F9N5. The van der Waals surface area contributed by atoms with Gasteiger partial charge < -0.3 is 9.80 Å². The molecule has 2 N–H and O–H groups in total. The second-order valence-corrected chi connectivity index (χ2v) is 10.9. The van der Waals surface area contributed by atoms with Crippen LogP contribution in [-0.4, -0.2) is 23.4 Å². The first kappa shape index (κ1) is 31.6. The number of nitrogens with one attached hydrogen (secondary N) is 2. The minimum Gasteiger partial charge on any atom is -0.368 e. The average molecular weight is 608 g/mol. The normalized spacial score (nSPS) is 20.0. The second kappa shape index (κ2) is 11.8. The van der Waals surface area contributed by atoms with Crippen LogP contribution in [0.2, 0.25) is 0 Å². The Kier molecular flexibility index (Phi) is 8.85. The fourth-order valence-electron chi connectivity index (χ4n) is 6.07. The van der Waals surface area contributed by atoms with Gasteiger partial charge in [-0.1, -0.05) is 19.8 Å². The third kappa shape index (κ3) is 6.83. The number of hydrogen-bond donors (Lipinski definition) is 2. The van der Waals surface area contributed by atoms with Crippen LogP contribution in [0.25, 0.3) is 0 Å². The number of guanidine groups is 1. The molecular weight excluding hydrogens is 577 g/mol. The lowest BCUT2D eigenvalue weighted by Gasteiger charge is -2.46. The molecule has 2 atom stereocenters. The van der Waals surface area contributed by atoms with Gasteiger partial charge in [-0.3, -0.25) is 5.41 Å². The van der Waals surface area contributed by atoms with Gasteiger partial charge in [0.2, 0.25) is 5.96 Å². The highest BCUT2D eigenvalue weighted by molar-refractivity contribution is 5.78. The smallest absolute Gasteiger partial charge is 0.368 e. The van der Waals surface area contributed by atoms with Gasteiger partial charge in [-0.15, -0.1) is 5.11 Å². The molecule has 0 saturated heterocycles. The summed E-state index contributed by atoms with van der Waals surface area (Å²) in [4.78, 5) is 3.05. The summed E-state index contributed by atoms with van der Waals surface area (Å²) in [6.07, 6.45) is -10.2. The summed E-state index contributed by atoms with van der Waals surface area (Å²) in [7, 11) is 0. The number of halogens is 9. The number of benzene rings is 2. The van der Waals surface area contributed by atoms with Crippen molar-refractivity contribution in [3.63, 3.8) is 0 Å². The van der Waals surface area contributed by atoms with Crippen molar-refractivity contribution in [1.82, 2.24) is 4.90 Å². The zero-order valence-electron chi connectivity index (χ0n) is 22.6. The topological polar surface area (TPSA) is 66.5 Å². The first-order chi connectivity index (χ1) is 19.5. The van der Waals surface area contributed by atoms with Crippen LogP contribution in [0.3, 0.4) is 0 Å². The molecule has 4 rings (SSSR count). The van der Waals surface area contributed by atoms with E-state index < -0.39 is 59.3 Å². The Balaban J connectivity index is 1.84. The minimum atomic E-state index is -5.11. The van der Waals surface area contributed by atoms with Crippen LogP contribution >= 0.6 is 0 Å². The van der Waals surface area contributed by atoms with Crippen LogP contribution in [0.15, 0.2) is 41.5 Å². The van der Waals surface area contributed by atoms with Crippen LogP contribution in [0, 0.1) is 16.9 Å². The Morgan fingerprint density at radius 2 is 1.45 bits per heavy atom. The summed E-state index contributed by atoms with van der Waals surface area (Å²) < 4.78 is 123. The minimum absolute atomic E-state index is 0.0203. The van der Waals surface area contributed by atoms with E-state index in [-0.39, 0.29) is 24.1 Å². The van der Waals surface area contributed by atoms with Gasteiger partial charge in [0.15, 0.2) is 0 Å². The number of anilines is 1. The summed E-state index contributed by atoms with van der Waals surface area (Å²) >= 11 is 0. The molecule has 0 spiro atoms. The first-order valence-corrected chi connectivity index (χ1v) is 13.5. The lowest BCUT2D eigenvalue weighted by Crippen LogP contribution is -2.47. The van der Waals surface area contributed by atoms with E-state index in [2.05, 4.69) is 5.11 Å². The zero-order chi connectivity index (χ0) is 31.0. The molecule has 0 radical (unpaired) electrons. The maximum absolute atomic E-state index is 13.8. The standard InChI is InChI=1S/C28H30F9N5/c1-2-21-13-24(22-12-18(26(29,30)31)7-8-23(22)41(21)14-16-5-3-4-6-16)42(25(38)40-39)15-17-9-19(27(32,33)34)11-20(10-17)28(35,36)37/h7-12,16,21,24,38-39H,2-6,13-15H2,1H3. The Labute approximate surface area is 236 Å². The van der Waals surface area contributed by atoms with E-state index in [1.807, 2.05) is 11.8 Å². The van der Waals surface area contributed by atoms with Crippen molar-refractivity contribution in [3.05, 3.63) is 64.2 Å². The monoisotopic (exact) mass is 607 g/mol. The van der Waals surface area contributed by atoms with Gasteiger partial charge in [0.05, 0.1) is 22.7 Å². The summed E-state index contributed by atoms with van der Waals surface area (Å²) in [5, 5.41) is 11.4. The quantitative estimate of drug-likeness (QED) is 0.149. The van der Waals surface area contributed by atoms with Crippen molar-refractivity contribution < 1.29 is 39.5 Å². The van der Waals surface area contributed by atoms with Gasteiger partial charge in [-0.25, -0.2) is 5.53 Å². The van der Waals surface area contributed by atoms with Crippen LogP contribution in [0.4, 0.5) is 45.2 Å². The molecule has 2 aliphatic rings. The van der Waals surface area contributed by atoms with E-state index >= 15 is 0 Å². The van der Waals surface area contributed by atoms with E-state index in [0.29, 0.717) is 36.7 Å². The lowest BCUT2D eigenvalue weighted by atomic mass is 9.86. The molecule has 0 amide bonds. The second-order valence-electron chi connectivity index (χ2n) is 10.9. The van der Waals surface area contributed by atoms with E-state index in [4.69, 9.17) is 10.9 Å². The molecule has 2 aromatic carbocycles. The van der Waals surface area contributed by atoms with Crippen molar-refractivity contribution in [3.8, 4) is 0 Å². The highest BCUT2D eigenvalue weighted by atomic mass is 19.4. The van der Waals surface area contributed by atoms with Crippen molar-refractivity contribution in [2.45, 2.75) is 82.6 Å². The van der Waals surface area contributed by atoms with Crippen LogP contribution < -0.4 is 4.90 Å². The highest BCUT2D eigenvalue weighted by Crippen LogP contribution is 2.46. The van der Waals surface area contributed by atoms with Gasteiger partial charge >= 0.3 is 18.5 Å². The molecule has 42 heavy (non-hydrogen) atoms. The van der Waals surface area contributed by atoms with E-state index in [1.165, 1.54) is 6.07 Å². The van der Waals surface area contributed by atoms with Gasteiger partial charge in [0.1, 0.15) is 0 Å². The van der Waals surface area contributed by atoms with E-state index in [1.54, 1.807) is 0 Å². The molecule has 1 fully saturated rings. The Hall–Kier alpha value is -3.32. The largest absolute Gasteiger partial charge is 0.416 e. The molecule has 0 bridgehead atoms. The molecule has 2 unspecified atom stereocenters. The van der Waals surface area contributed by atoms with Gasteiger partial charge in [0, 0.05) is 24.8 Å². The fourth-order valence-corrected chi connectivity index (χ4v) is 6.07. The third-order valence-electron chi connectivity index (χ3n) is 8.11. The van der Waals surface area contributed by atoms with Crippen molar-refractivity contribution in [2.75, 3.05) is 11.4 Å². The number of nitrogens with zero attached hydrogens (tertiary/aromatic N) is 3. The molecule has 2 aromatic rings. The SMILES string of the molecule is CCC1CC(N(Cc2cc(C(F)(F)F)cc(C(F)(F)F)c2)C(=N)N=N)c2cc(C(F)(F)F)ccc2N1CC1CCCC1. The molecule has 5 nitrogen and oxygen atoms in total. The summed E-state index contributed by atoms with van der Waals surface area (Å²) in [5.74, 6) is -0.470. The zero-order valence-corrected chi connectivity index (χ0v) is 22.6. The van der Waals surface area contributed by atoms with Crippen LogP contribution in [0.5, 0.6) is 0 Å². The Morgan fingerprint density at radius 3 is 1.95 bits per heavy atom. The Morgan fingerprint density at radius 1 is 0.881 bits per heavy atom. The maximum atomic E-state index is 13.8. The third-order valence-corrected chi connectivity index (χ3v) is 8.11. The highest BCUT2D eigenvalue weighted by Gasteiger charge is 2.41. The van der Waals surface area contributed by atoms with Crippen LogP contribution in [0.1, 0.15) is 79.3 Å². The molecule has 1 saturated carbocycles. The summed E-state index contributed by atoms with van der Waals surface area (Å²) in [6, 6.07) is 2.90. The molecule has 1 aliphatic carbocycles. The van der Waals surface area contributed by atoms with Crippen molar-refractivity contribution in [1.29, 1.82) is 10.9 Å². The molecule has 14 heteroatoms. The van der Waals surface area contributed by atoms with Gasteiger partial charge in [0.25, 0.3) is 0 Å². The maximum Gasteiger partial charge on any atom is 0.416 e. The molecule has 230 valence electrons. The van der Waals surface area contributed by atoms with E-state index in [0.717, 1.165) is 42.7 Å². The summed E-state index contributed by atoms with van der Waals surface area (Å²) in [6.45, 7) is 1.76. The van der Waals surface area contributed by atoms with Gasteiger partial charge in [-0.05, 0) is 79.1 Å². The van der Waals surface area contributed by atoms with Crippen LogP contribution in [-0.2, 0) is 25.1 Å². The molecule has 1 aliphatic heterocycles. The number of hydrogen-bond acceptors (Lipinski definition) is 3. The predicted molar refractivity (Wildman–Crippen MR) is 137 cm³/mol. The van der Waals surface area contributed by atoms with Gasteiger partial charge in [-0.2, -0.15) is 39.5 Å². The number of rotatable bonds is 6. The molecule has 0 aromatic heterocycles. The number of fused-ring (bicyclic) bond motifs is 1. The molecule has 1 heterocycles. The van der Waals surface area contributed by atoms with Crippen molar-refractivity contribution in [2.24, 2.45) is 11.0 Å².